The molecule has 0 atom stereocenters. The Balaban J connectivity index is 1.64. The molecule has 2 aromatic heterocycles. The molecule has 0 amide bonds. The third kappa shape index (κ3) is 3.76. The number of tetrazole rings is 1. The van der Waals surface area contributed by atoms with Crippen molar-refractivity contribution in [3.63, 3.8) is 0 Å². The normalized spacial score (nSPS) is 11.1. The summed E-state index contributed by atoms with van der Waals surface area (Å²) in [5.41, 5.74) is 3.67. The van der Waals surface area contributed by atoms with Crippen molar-refractivity contribution in [1.29, 1.82) is 0 Å². The van der Waals surface area contributed by atoms with Crippen molar-refractivity contribution >= 4 is 39.1 Å². The number of hydrogen-bond acceptors (Lipinski definition) is 4. The molecule has 6 nitrogen and oxygen atoms in total. The van der Waals surface area contributed by atoms with E-state index in [0.29, 0.717) is 38.3 Å². The van der Waals surface area contributed by atoms with E-state index in [1.54, 1.807) is 33.9 Å². The van der Waals surface area contributed by atoms with E-state index in [0.717, 1.165) is 5.56 Å². The molecule has 4 aromatic rings. The third-order valence-electron chi connectivity index (χ3n) is 3.95. The minimum atomic E-state index is 0.471. The quantitative estimate of drug-likeness (QED) is 0.429. The average Bonchev–Trinajstić information content (AvgIpc) is 3.23. The molecular formula is C18H13BrCl2N6. The lowest BCUT2D eigenvalue weighted by Gasteiger charge is -2.06. The van der Waals surface area contributed by atoms with E-state index in [-0.39, 0.29) is 0 Å². The Hall–Kier alpha value is -2.22. The molecule has 0 N–H and O–H groups in total. The Kier molecular flexibility index (Phi) is 4.99. The van der Waals surface area contributed by atoms with Gasteiger partial charge in [0.15, 0.2) is 0 Å². The second kappa shape index (κ2) is 7.42. The van der Waals surface area contributed by atoms with Gasteiger partial charge in [-0.3, -0.25) is 0 Å². The highest BCUT2D eigenvalue weighted by atomic mass is 79.9. The molecule has 2 aromatic carbocycles. The van der Waals surface area contributed by atoms with Gasteiger partial charge in [-0.05, 0) is 51.8 Å². The van der Waals surface area contributed by atoms with Crippen LogP contribution in [0.2, 0.25) is 10.0 Å². The molecule has 4 rings (SSSR count). The number of nitrogens with zero attached hydrogens (tertiary/aromatic N) is 6. The van der Waals surface area contributed by atoms with Crippen LogP contribution < -0.4 is 0 Å². The van der Waals surface area contributed by atoms with Crippen molar-refractivity contribution in [3.05, 3.63) is 74.4 Å². The van der Waals surface area contributed by atoms with Crippen molar-refractivity contribution < 1.29 is 0 Å². The van der Waals surface area contributed by atoms with Gasteiger partial charge in [-0.15, -0.1) is 10.2 Å². The van der Waals surface area contributed by atoms with Gasteiger partial charge in [0.05, 0.1) is 29.0 Å². The van der Waals surface area contributed by atoms with Crippen LogP contribution in [-0.2, 0) is 6.54 Å². The Morgan fingerprint density at radius 1 is 1.11 bits per heavy atom. The molecule has 0 bridgehead atoms. The zero-order valence-corrected chi connectivity index (χ0v) is 17.2. The van der Waals surface area contributed by atoms with E-state index in [2.05, 4.69) is 55.5 Å². The van der Waals surface area contributed by atoms with E-state index in [1.165, 1.54) is 5.56 Å². The summed E-state index contributed by atoms with van der Waals surface area (Å²) in [5, 5.41) is 18.2. The van der Waals surface area contributed by atoms with Crippen molar-refractivity contribution in [1.82, 2.24) is 30.0 Å². The summed E-state index contributed by atoms with van der Waals surface area (Å²) in [6.45, 7) is 2.59. The predicted molar refractivity (Wildman–Crippen MR) is 108 cm³/mol. The first-order valence-electron chi connectivity index (χ1n) is 8.04. The van der Waals surface area contributed by atoms with Gasteiger partial charge in [0.1, 0.15) is 4.60 Å². The number of aryl methyl sites for hydroxylation is 1. The lowest BCUT2D eigenvalue weighted by molar-refractivity contribution is 0.572. The van der Waals surface area contributed by atoms with Crippen molar-refractivity contribution in [2.24, 2.45) is 0 Å². The summed E-state index contributed by atoms with van der Waals surface area (Å²) in [6.07, 6.45) is 1.66. The van der Waals surface area contributed by atoms with Crippen LogP contribution in [0.25, 0.3) is 17.1 Å². The Labute approximate surface area is 173 Å². The molecular weight excluding hydrogens is 451 g/mol. The predicted octanol–water partition coefficient (Wildman–Crippen LogP) is 4.95. The number of benzene rings is 2. The van der Waals surface area contributed by atoms with Gasteiger partial charge in [-0.2, -0.15) is 9.90 Å². The monoisotopic (exact) mass is 462 g/mol. The zero-order valence-electron chi connectivity index (χ0n) is 14.1. The number of rotatable bonds is 4. The molecule has 136 valence electrons. The summed E-state index contributed by atoms with van der Waals surface area (Å²) in [5.74, 6) is 0.471. The molecule has 0 spiro atoms. The summed E-state index contributed by atoms with van der Waals surface area (Å²) in [4.78, 5) is 1.56. The lowest BCUT2D eigenvalue weighted by atomic mass is 10.1. The van der Waals surface area contributed by atoms with Crippen LogP contribution in [-0.4, -0.2) is 30.0 Å². The molecule has 9 heteroatoms. The third-order valence-corrected chi connectivity index (χ3v) is 5.26. The Bertz CT molecular complexity index is 1120. The summed E-state index contributed by atoms with van der Waals surface area (Å²) < 4.78 is 2.31. The standard InChI is InChI=1S/C18H13BrCl2N6/c1-11-3-2-4-12(7-11)10-26-24-18(23-25-26)14-9-22-27(17(14)19)16-8-13(20)5-6-15(16)21/h2-9H,10H2,1H3. The lowest BCUT2D eigenvalue weighted by Crippen LogP contribution is -2.04. The molecule has 0 saturated heterocycles. The smallest absolute Gasteiger partial charge is 0.209 e. The van der Waals surface area contributed by atoms with E-state index < -0.39 is 0 Å². The minimum absolute atomic E-state index is 0.471. The van der Waals surface area contributed by atoms with Crippen LogP contribution in [0.15, 0.2) is 53.3 Å². The van der Waals surface area contributed by atoms with Crippen molar-refractivity contribution in [3.8, 4) is 17.1 Å². The van der Waals surface area contributed by atoms with E-state index in [4.69, 9.17) is 23.2 Å². The molecule has 0 radical (unpaired) electrons. The fraction of sp³-hybridized carbons (Fsp3) is 0.111. The summed E-state index contributed by atoms with van der Waals surface area (Å²) in [6, 6.07) is 13.4. The Morgan fingerprint density at radius 3 is 2.78 bits per heavy atom. The van der Waals surface area contributed by atoms with Gasteiger partial charge in [-0.1, -0.05) is 53.0 Å². The highest BCUT2D eigenvalue weighted by Crippen LogP contribution is 2.31. The fourth-order valence-electron chi connectivity index (χ4n) is 2.69. The number of halogens is 3. The molecule has 0 aliphatic carbocycles. The van der Waals surface area contributed by atoms with Crippen molar-refractivity contribution in [2.45, 2.75) is 13.5 Å². The first-order valence-corrected chi connectivity index (χ1v) is 9.59. The molecule has 0 aliphatic rings. The maximum Gasteiger partial charge on any atom is 0.209 e. The van der Waals surface area contributed by atoms with E-state index >= 15 is 0 Å². The van der Waals surface area contributed by atoms with Crippen LogP contribution in [0.1, 0.15) is 11.1 Å². The zero-order chi connectivity index (χ0) is 19.0. The van der Waals surface area contributed by atoms with E-state index in [1.807, 2.05) is 12.1 Å². The van der Waals surface area contributed by atoms with Gasteiger partial charge in [0, 0.05) is 5.02 Å². The maximum atomic E-state index is 6.28. The van der Waals surface area contributed by atoms with Crippen LogP contribution in [0, 0.1) is 6.92 Å². The molecule has 0 unspecified atom stereocenters. The second-order valence-electron chi connectivity index (χ2n) is 5.99. The van der Waals surface area contributed by atoms with Gasteiger partial charge in [0.2, 0.25) is 5.82 Å². The van der Waals surface area contributed by atoms with Crippen molar-refractivity contribution in [2.75, 3.05) is 0 Å². The van der Waals surface area contributed by atoms with Crippen LogP contribution >= 0.6 is 39.1 Å². The molecule has 27 heavy (non-hydrogen) atoms. The second-order valence-corrected chi connectivity index (χ2v) is 7.58. The minimum Gasteiger partial charge on any atom is -0.224 e. The van der Waals surface area contributed by atoms with Gasteiger partial charge >= 0.3 is 0 Å². The van der Waals surface area contributed by atoms with Gasteiger partial charge < -0.3 is 0 Å². The van der Waals surface area contributed by atoms with Crippen LogP contribution in [0.5, 0.6) is 0 Å². The summed E-state index contributed by atoms with van der Waals surface area (Å²) in [7, 11) is 0. The highest BCUT2D eigenvalue weighted by Gasteiger charge is 2.17. The summed E-state index contributed by atoms with van der Waals surface area (Å²) >= 11 is 15.9. The molecule has 0 aliphatic heterocycles. The molecule has 0 saturated carbocycles. The number of hydrogen-bond donors (Lipinski definition) is 0. The van der Waals surface area contributed by atoms with Gasteiger partial charge in [-0.25, -0.2) is 4.68 Å². The number of aromatic nitrogens is 6. The Morgan fingerprint density at radius 2 is 1.96 bits per heavy atom. The first-order chi connectivity index (χ1) is 13.0. The van der Waals surface area contributed by atoms with Crippen LogP contribution in [0.4, 0.5) is 0 Å². The first kappa shape index (κ1) is 18.2. The average molecular weight is 464 g/mol. The SMILES string of the molecule is Cc1cccc(Cn2nnc(-c3cnn(-c4cc(Cl)ccc4Cl)c3Br)n2)c1. The van der Waals surface area contributed by atoms with E-state index in [9.17, 15) is 0 Å². The topological polar surface area (TPSA) is 61.4 Å². The molecule has 0 fully saturated rings. The van der Waals surface area contributed by atoms with Gasteiger partial charge in [0.25, 0.3) is 0 Å². The largest absolute Gasteiger partial charge is 0.224 e. The van der Waals surface area contributed by atoms with Crippen LogP contribution in [0.3, 0.4) is 0 Å². The molecule has 2 heterocycles. The highest BCUT2D eigenvalue weighted by molar-refractivity contribution is 9.10. The maximum absolute atomic E-state index is 6.28. The fourth-order valence-corrected chi connectivity index (χ4v) is 3.62.